The molecule has 0 amide bonds. The van der Waals surface area contributed by atoms with Gasteiger partial charge in [-0.3, -0.25) is 0 Å². The van der Waals surface area contributed by atoms with Gasteiger partial charge in [-0.05, 0) is 28.3 Å². The number of benzene rings is 2. The maximum absolute atomic E-state index is 6.69. The van der Waals surface area contributed by atoms with E-state index in [0.29, 0.717) is 11.4 Å². The highest BCUT2D eigenvalue weighted by Gasteiger charge is 2.18. The van der Waals surface area contributed by atoms with Gasteiger partial charge in [0.2, 0.25) is 0 Å². The fourth-order valence-corrected chi connectivity index (χ4v) is 5.00. The molecule has 2 atom stereocenters. The van der Waals surface area contributed by atoms with Crippen LogP contribution in [0.2, 0.25) is 0 Å². The van der Waals surface area contributed by atoms with Crippen LogP contribution in [0, 0.1) is 0 Å². The summed E-state index contributed by atoms with van der Waals surface area (Å²) in [5.74, 6) is 0.570. The predicted octanol–water partition coefficient (Wildman–Crippen LogP) is 4.81. The van der Waals surface area contributed by atoms with Crippen LogP contribution in [0.1, 0.15) is 29.2 Å². The van der Waals surface area contributed by atoms with Gasteiger partial charge in [-0.15, -0.1) is 11.6 Å². The Morgan fingerprint density at radius 2 is 1.58 bits per heavy atom. The Labute approximate surface area is 126 Å². The Hall–Kier alpha value is -0.763. The van der Waals surface area contributed by atoms with Crippen molar-refractivity contribution in [3.8, 4) is 0 Å². The summed E-state index contributed by atoms with van der Waals surface area (Å²) in [6.45, 7) is 2.24. The van der Waals surface area contributed by atoms with Gasteiger partial charge < -0.3 is 0 Å². The van der Waals surface area contributed by atoms with Gasteiger partial charge in [0.1, 0.15) is 0 Å². The molecule has 2 aromatic rings. The highest BCUT2D eigenvalue weighted by Crippen LogP contribution is 2.23. The Morgan fingerprint density at radius 1 is 0.947 bits per heavy atom. The molecule has 0 saturated heterocycles. The van der Waals surface area contributed by atoms with Crippen LogP contribution < -0.4 is 0 Å². The zero-order chi connectivity index (χ0) is 13.7. The maximum Gasteiger partial charge on any atom is 0.152 e. The van der Waals surface area contributed by atoms with E-state index in [1.807, 2.05) is 6.07 Å². The van der Waals surface area contributed by atoms with E-state index < -0.39 is 8.11 Å². The van der Waals surface area contributed by atoms with Crippen LogP contribution in [0.5, 0.6) is 0 Å². The molecule has 0 nitrogen and oxygen atoms in total. The third-order valence-electron chi connectivity index (χ3n) is 3.48. The van der Waals surface area contributed by atoms with Crippen molar-refractivity contribution >= 4 is 30.8 Å². The zero-order valence-corrected chi connectivity index (χ0v) is 13.7. The molecule has 19 heavy (non-hydrogen) atoms. The molecule has 0 saturated carbocycles. The van der Waals surface area contributed by atoms with Crippen LogP contribution in [0.4, 0.5) is 0 Å². The predicted molar refractivity (Wildman–Crippen MR) is 87.6 cm³/mol. The molecule has 0 aliphatic heterocycles. The van der Waals surface area contributed by atoms with Gasteiger partial charge in [0.15, 0.2) is 8.11 Å². The van der Waals surface area contributed by atoms with Crippen LogP contribution in [0.3, 0.4) is 0 Å². The van der Waals surface area contributed by atoms with Gasteiger partial charge in [0, 0.05) is 5.88 Å². The van der Waals surface area contributed by atoms with Crippen molar-refractivity contribution in [1.29, 1.82) is 0 Å². The summed E-state index contributed by atoms with van der Waals surface area (Å²) < 4.78 is 0. The largest absolute Gasteiger partial charge is 0.171 e. The lowest BCUT2D eigenvalue weighted by atomic mass is 10.1. The molecule has 0 heterocycles. The van der Waals surface area contributed by atoms with Gasteiger partial charge >= 0.3 is 0 Å². The first kappa shape index (κ1) is 14.6. The lowest BCUT2D eigenvalue weighted by molar-refractivity contribution is 1.04. The Balaban J connectivity index is 2.03. The molecule has 2 unspecified atom stereocenters. The molecule has 0 aromatic heterocycles. The van der Waals surface area contributed by atoms with Crippen LogP contribution >= 0.6 is 22.7 Å². The highest BCUT2D eigenvalue weighted by molar-refractivity contribution is 7.07. The minimum absolute atomic E-state index is 0.464. The summed E-state index contributed by atoms with van der Waals surface area (Å²) in [4.78, 5) is 0. The SMILES string of the molecule is CC(c1ccc(CCl)cc1)[SiH](Cl)Cc1ccccc1. The quantitative estimate of drug-likeness (QED) is 0.422. The average molecular weight is 309 g/mol. The molecule has 0 spiro atoms. The molecule has 0 aliphatic carbocycles. The number of hydrogen-bond donors (Lipinski definition) is 0. The van der Waals surface area contributed by atoms with Crippen molar-refractivity contribution in [1.82, 2.24) is 0 Å². The molecule has 100 valence electrons. The standard InChI is InChI=1S/C16H18Cl2Si/c1-13(16-9-7-14(11-17)8-10-16)19(18)12-15-5-3-2-4-6-15/h2-10,13,19H,11-12H2,1H3. The minimum Gasteiger partial charge on any atom is -0.171 e. The number of alkyl halides is 1. The van der Waals surface area contributed by atoms with E-state index in [4.69, 9.17) is 22.7 Å². The van der Waals surface area contributed by atoms with Crippen molar-refractivity contribution in [2.45, 2.75) is 24.4 Å². The monoisotopic (exact) mass is 308 g/mol. The normalized spacial score (nSPS) is 14.1. The zero-order valence-electron chi connectivity index (χ0n) is 11.0. The maximum atomic E-state index is 6.69. The molecule has 3 heteroatoms. The van der Waals surface area contributed by atoms with Crippen molar-refractivity contribution in [2.24, 2.45) is 0 Å². The first-order chi connectivity index (χ1) is 9.20. The topological polar surface area (TPSA) is 0 Å². The summed E-state index contributed by atoms with van der Waals surface area (Å²) in [6.07, 6.45) is 0. The lowest BCUT2D eigenvalue weighted by Gasteiger charge is -2.17. The molecule has 0 fully saturated rings. The summed E-state index contributed by atoms with van der Waals surface area (Å²) in [6, 6.07) is 20.1. The second-order valence-electron chi connectivity index (χ2n) is 4.87. The van der Waals surface area contributed by atoms with E-state index in [0.717, 1.165) is 11.6 Å². The van der Waals surface area contributed by atoms with Crippen LogP contribution in [-0.2, 0) is 11.9 Å². The Kier molecular flexibility index (Phi) is 5.50. The summed E-state index contributed by atoms with van der Waals surface area (Å²) in [5, 5.41) is 0. The molecule has 0 N–H and O–H groups in total. The average Bonchev–Trinajstić information content (AvgIpc) is 2.47. The van der Waals surface area contributed by atoms with Crippen LogP contribution in [-0.4, -0.2) is 8.11 Å². The molecule has 0 bridgehead atoms. The van der Waals surface area contributed by atoms with Crippen molar-refractivity contribution in [2.75, 3.05) is 0 Å². The molecular weight excluding hydrogens is 291 g/mol. The summed E-state index contributed by atoms with van der Waals surface area (Å²) >= 11 is 12.5. The third kappa shape index (κ3) is 4.10. The van der Waals surface area contributed by atoms with Crippen LogP contribution in [0.25, 0.3) is 0 Å². The number of hydrogen-bond acceptors (Lipinski definition) is 0. The minimum atomic E-state index is -1.33. The Bertz CT molecular complexity index is 496. The van der Waals surface area contributed by atoms with Crippen LogP contribution in [0.15, 0.2) is 54.6 Å². The van der Waals surface area contributed by atoms with Gasteiger partial charge in [-0.25, -0.2) is 0 Å². The summed E-state index contributed by atoms with van der Waals surface area (Å²) in [7, 11) is -1.33. The van der Waals surface area contributed by atoms with E-state index in [1.54, 1.807) is 0 Å². The highest BCUT2D eigenvalue weighted by atomic mass is 35.6. The van der Waals surface area contributed by atoms with E-state index in [2.05, 4.69) is 55.5 Å². The molecule has 0 aliphatic rings. The van der Waals surface area contributed by atoms with Gasteiger partial charge in [-0.1, -0.05) is 61.5 Å². The van der Waals surface area contributed by atoms with Crippen molar-refractivity contribution in [3.05, 3.63) is 71.3 Å². The fraction of sp³-hybridized carbons (Fsp3) is 0.250. The molecule has 0 radical (unpaired) electrons. The summed E-state index contributed by atoms with van der Waals surface area (Å²) in [5.41, 5.74) is 4.30. The molecule has 2 rings (SSSR count). The second kappa shape index (κ2) is 7.13. The van der Waals surface area contributed by atoms with Crippen molar-refractivity contribution in [3.63, 3.8) is 0 Å². The van der Waals surface area contributed by atoms with E-state index >= 15 is 0 Å². The van der Waals surface area contributed by atoms with E-state index in [1.165, 1.54) is 11.1 Å². The molecular formula is C16H18Cl2Si. The number of halogens is 2. The fourth-order valence-electron chi connectivity index (χ4n) is 2.14. The third-order valence-corrected chi connectivity index (χ3v) is 7.71. The smallest absolute Gasteiger partial charge is 0.152 e. The lowest BCUT2D eigenvalue weighted by Crippen LogP contribution is -2.18. The Morgan fingerprint density at radius 3 is 2.16 bits per heavy atom. The first-order valence-corrected chi connectivity index (χ1v) is 10.3. The van der Waals surface area contributed by atoms with Gasteiger partial charge in [0.25, 0.3) is 0 Å². The van der Waals surface area contributed by atoms with E-state index in [-0.39, 0.29) is 0 Å². The second-order valence-corrected chi connectivity index (χ2v) is 9.26. The first-order valence-electron chi connectivity index (χ1n) is 6.53. The van der Waals surface area contributed by atoms with Gasteiger partial charge in [0.05, 0.1) is 0 Å². The van der Waals surface area contributed by atoms with E-state index in [9.17, 15) is 0 Å². The molecule has 2 aromatic carbocycles. The van der Waals surface area contributed by atoms with Gasteiger partial charge in [-0.2, -0.15) is 11.1 Å². The number of rotatable bonds is 5. The van der Waals surface area contributed by atoms with Crippen molar-refractivity contribution < 1.29 is 0 Å².